The van der Waals surface area contributed by atoms with Crippen molar-refractivity contribution in [2.75, 3.05) is 13.2 Å². The maximum Gasteiger partial charge on any atom is 0.255 e. The minimum Gasteiger partial charge on any atom is -0.394 e. The fourth-order valence-corrected chi connectivity index (χ4v) is 2.13. The molecule has 16 heavy (non-hydrogen) atoms. The molecule has 1 fully saturated rings. The third kappa shape index (κ3) is 2.07. The van der Waals surface area contributed by atoms with Gasteiger partial charge in [-0.3, -0.25) is 9.78 Å². The van der Waals surface area contributed by atoms with Gasteiger partial charge in [-0.25, -0.2) is 0 Å². The molecule has 4 heteroatoms. The second-order valence-electron chi connectivity index (χ2n) is 4.23. The highest BCUT2D eigenvalue weighted by atomic mass is 16.3. The minimum absolute atomic E-state index is 0.0204. The van der Waals surface area contributed by atoms with Crippen LogP contribution in [0.3, 0.4) is 0 Å². The molecule has 2 heterocycles. The molecule has 1 aliphatic rings. The summed E-state index contributed by atoms with van der Waals surface area (Å²) < 4.78 is 0. The van der Waals surface area contributed by atoms with Gasteiger partial charge in [-0.2, -0.15) is 0 Å². The van der Waals surface area contributed by atoms with Crippen LogP contribution in [0.2, 0.25) is 0 Å². The van der Waals surface area contributed by atoms with E-state index in [-0.39, 0.29) is 18.6 Å². The van der Waals surface area contributed by atoms with Gasteiger partial charge in [0.15, 0.2) is 0 Å². The Bertz CT molecular complexity index is 392. The van der Waals surface area contributed by atoms with Gasteiger partial charge in [0, 0.05) is 18.9 Å². The molecule has 1 saturated heterocycles. The van der Waals surface area contributed by atoms with Gasteiger partial charge in [-0.1, -0.05) is 0 Å². The zero-order chi connectivity index (χ0) is 11.5. The van der Waals surface area contributed by atoms with Crippen LogP contribution in [0.5, 0.6) is 0 Å². The van der Waals surface area contributed by atoms with E-state index in [1.54, 1.807) is 17.3 Å². The van der Waals surface area contributed by atoms with Crippen molar-refractivity contribution in [3.8, 4) is 0 Å². The molecule has 1 N–H and O–H groups in total. The van der Waals surface area contributed by atoms with Crippen LogP contribution in [-0.4, -0.2) is 40.1 Å². The summed E-state index contributed by atoms with van der Waals surface area (Å²) in [7, 11) is 0. The molecule has 1 aromatic heterocycles. The number of aliphatic hydroxyl groups is 1. The predicted molar refractivity (Wildman–Crippen MR) is 60.1 cm³/mol. The zero-order valence-electron chi connectivity index (χ0n) is 9.39. The first kappa shape index (κ1) is 11.1. The van der Waals surface area contributed by atoms with Gasteiger partial charge >= 0.3 is 0 Å². The highest BCUT2D eigenvalue weighted by Gasteiger charge is 2.28. The lowest BCUT2D eigenvalue weighted by Gasteiger charge is -2.22. The molecular weight excluding hydrogens is 204 g/mol. The Labute approximate surface area is 94.9 Å². The zero-order valence-corrected chi connectivity index (χ0v) is 9.39. The second-order valence-corrected chi connectivity index (χ2v) is 4.23. The number of hydrogen-bond acceptors (Lipinski definition) is 3. The lowest BCUT2D eigenvalue weighted by Crippen LogP contribution is -2.37. The minimum atomic E-state index is -0.0206. The first-order valence-electron chi connectivity index (χ1n) is 5.56. The second kappa shape index (κ2) is 4.61. The summed E-state index contributed by atoms with van der Waals surface area (Å²) in [5.74, 6) is -0.0206. The quantitative estimate of drug-likeness (QED) is 0.808. The lowest BCUT2D eigenvalue weighted by molar-refractivity contribution is 0.0677. The Kier molecular flexibility index (Phi) is 3.19. The van der Waals surface area contributed by atoms with E-state index in [4.69, 9.17) is 0 Å². The van der Waals surface area contributed by atoms with Crippen molar-refractivity contribution in [3.63, 3.8) is 0 Å². The Balaban J connectivity index is 2.18. The number of aryl methyl sites for hydroxylation is 1. The molecule has 2 rings (SSSR count). The van der Waals surface area contributed by atoms with Crippen molar-refractivity contribution in [2.24, 2.45) is 0 Å². The summed E-state index contributed by atoms with van der Waals surface area (Å²) in [5.41, 5.74) is 1.59. The molecule has 0 radical (unpaired) electrons. The number of carbonyl (C=O) groups is 1. The number of carbonyl (C=O) groups excluding carboxylic acids is 1. The fraction of sp³-hybridized carbons (Fsp3) is 0.500. The van der Waals surface area contributed by atoms with Gasteiger partial charge in [-0.15, -0.1) is 0 Å². The third-order valence-electron chi connectivity index (χ3n) is 2.97. The summed E-state index contributed by atoms with van der Waals surface area (Å²) in [4.78, 5) is 17.9. The third-order valence-corrected chi connectivity index (χ3v) is 2.97. The Morgan fingerprint density at radius 3 is 3.12 bits per heavy atom. The number of aromatic nitrogens is 1. The van der Waals surface area contributed by atoms with Gasteiger partial charge in [0.05, 0.1) is 18.2 Å². The van der Waals surface area contributed by atoms with Crippen molar-refractivity contribution in [1.82, 2.24) is 9.88 Å². The molecule has 1 aromatic rings. The molecule has 0 aromatic carbocycles. The highest BCUT2D eigenvalue weighted by Crippen LogP contribution is 2.19. The van der Waals surface area contributed by atoms with E-state index in [2.05, 4.69) is 4.98 Å². The smallest absolute Gasteiger partial charge is 0.255 e. The van der Waals surface area contributed by atoms with E-state index in [0.29, 0.717) is 5.56 Å². The van der Waals surface area contributed by atoms with Crippen LogP contribution in [0.1, 0.15) is 28.8 Å². The normalized spacial score (nSPS) is 20.1. The number of aliphatic hydroxyl groups excluding tert-OH is 1. The van der Waals surface area contributed by atoms with Gasteiger partial charge in [0.1, 0.15) is 0 Å². The van der Waals surface area contributed by atoms with E-state index >= 15 is 0 Å². The molecule has 86 valence electrons. The maximum atomic E-state index is 12.1. The molecule has 1 amide bonds. The van der Waals surface area contributed by atoms with Crippen LogP contribution < -0.4 is 0 Å². The van der Waals surface area contributed by atoms with Crippen molar-refractivity contribution >= 4 is 5.91 Å². The number of rotatable bonds is 2. The molecular formula is C12H16N2O2. The largest absolute Gasteiger partial charge is 0.394 e. The van der Waals surface area contributed by atoms with E-state index in [9.17, 15) is 9.90 Å². The standard InChI is InChI=1S/C12H16N2O2/c1-9-5-10(7-13-6-9)12(16)14-4-2-3-11(14)8-15/h5-7,11,15H,2-4,8H2,1H3. The lowest BCUT2D eigenvalue weighted by atomic mass is 10.2. The first-order valence-corrected chi connectivity index (χ1v) is 5.56. The van der Waals surface area contributed by atoms with Gasteiger partial charge in [0.2, 0.25) is 0 Å². The molecule has 0 aliphatic carbocycles. The van der Waals surface area contributed by atoms with Crippen LogP contribution in [0, 0.1) is 6.92 Å². The average molecular weight is 220 g/mol. The van der Waals surface area contributed by atoms with Gasteiger partial charge in [-0.05, 0) is 31.4 Å². The van der Waals surface area contributed by atoms with Crippen LogP contribution >= 0.6 is 0 Å². The number of pyridine rings is 1. The van der Waals surface area contributed by atoms with Crippen molar-refractivity contribution in [2.45, 2.75) is 25.8 Å². The van der Waals surface area contributed by atoms with Crippen LogP contribution in [-0.2, 0) is 0 Å². The summed E-state index contributed by atoms with van der Waals surface area (Å²) in [6, 6.07) is 1.82. The van der Waals surface area contributed by atoms with E-state index < -0.39 is 0 Å². The topological polar surface area (TPSA) is 53.4 Å². The molecule has 1 atom stereocenters. The number of nitrogens with zero attached hydrogens (tertiary/aromatic N) is 2. The predicted octanol–water partition coefficient (Wildman–Crippen LogP) is 0.987. The SMILES string of the molecule is Cc1cncc(C(=O)N2CCCC2CO)c1. The molecule has 4 nitrogen and oxygen atoms in total. The van der Waals surface area contributed by atoms with Crippen molar-refractivity contribution in [1.29, 1.82) is 0 Å². The number of hydrogen-bond donors (Lipinski definition) is 1. The molecule has 0 saturated carbocycles. The molecule has 0 spiro atoms. The Morgan fingerprint density at radius 2 is 2.44 bits per heavy atom. The van der Waals surface area contributed by atoms with Gasteiger partial charge in [0.25, 0.3) is 5.91 Å². The van der Waals surface area contributed by atoms with Crippen LogP contribution in [0.15, 0.2) is 18.5 Å². The Morgan fingerprint density at radius 1 is 1.62 bits per heavy atom. The summed E-state index contributed by atoms with van der Waals surface area (Å²) in [5, 5.41) is 9.18. The van der Waals surface area contributed by atoms with Crippen molar-refractivity contribution < 1.29 is 9.90 Å². The monoisotopic (exact) mass is 220 g/mol. The number of likely N-dealkylation sites (tertiary alicyclic amines) is 1. The molecule has 1 unspecified atom stereocenters. The van der Waals surface area contributed by atoms with E-state index in [1.165, 1.54) is 0 Å². The average Bonchev–Trinajstić information content (AvgIpc) is 2.76. The van der Waals surface area contributed by atoms with Crippen LogP contribution in [0.4, 0.5) is 0 Å². The summed E-state index contributed by atoms with van der Waals surface area (Å²) in [6.45, 7) is 2.69. The van der Waals surface area contributed by atoms with Crippen LogP contribution in [0.25, 0.3) is 0 Å². The van der Waals surface area contributed by atoms with E-state index in [1.807, 2.05) is 13.0 Å². The Hall–Kier alpha value is -1.42. The van der Waals surface area contributed by atoms with E-state index in [0.717, 1.165) is 24.9 Å². The first-order chi connectivity index (χ1) is 7.72. The molecule has 0 bridgehead atoms. The summed E-state index contributed by atoms with van der Waals surface area (Å²) >= 11 is 0. The van der Waals surface area contributed by atoms with Crippen molar-refractivity contribution in [3.05, 3.63) is 29.6 Å². The van der Waals surface area contributed by atoms with Gasteiger partial charge < -0.3 is 10.0 Å². The fourth-order valence-electron chi connectivity index (χ4n) is 2.13. The maximum absolute atomic E-state index is 12.1. The number of amides is 1. The molecule has 1 aliphatic heterocycles. The highest BCUT2D eigenvalue weighted by molar-refractivity contribution is 5.94. The summed E-state index contributed by atoms with van der Waals surface area (Å²) in [6.07, 6.45) is 5.17.